The average molecular weight is 351 g/mol. The van der Waals surface area contributed by atoms with Crippen LogP contribution in [0.5, 0.6) is 0 Å². The van der Waals surface area contributed by atoms with Crippen molar-refractivity contribution in [2.75, 3.05) is 13.1 Å². The maximum Gasteiger partial charge on any atom is 0.266 e. The molecule has 1 fully saturated rings. The van der Waals surface area contributed by atoms with Crippen LogP contribution < -0.4 is 0 Å². The summed E-state index contributed by atoms with van der Waals surface area (Å²) in [7, 11) is 0. The fraction of sp³-hybridized carbons (Fsp3) is 0.444. The van der Waals surface area contributed by atoms with Crippen LogP contribution in [0.15, 0.2) is 34.2 Å². The van der Waals surface area contributed by atoms with Gasteiger partial charge in [0.1, 0.15) is 0 Å². The Labute approximate surface area is 147 Å². The topological polar surface area (TPSA) is 32.7 Å². The second kappa shape index (κ2) is 9.14. The zero-order valence-corrected chi connectivity index (χ0v) is 15.3. The van der Waals surface area contributed by atoms with Gasteiger partial charge in [-0.15, -0.1) is 0 Å². The Balaban J connectivity index is 2.23. The summed E-state index contributed by atoms with van der Waals surface area (Å²) in [6.07, 6.45) is 6.06. The minimum Gasteiger partial charge on any atom is -0.287 e. The van der Waals surface area contributed by atoms with Gasteiger partial charge in [-0.25, -0.2) is 0 Å². The van der Waals surface area contributed by atoms with Crippen molar-refractivity contribution in [2.45, 2.75) is 39.5 Å². The Kier molecular flexibility index (Phi) is 7.18. The number of halogens is 1. The van der Waals surface area contributed by atoms with Crippen molar-refractivity contribution in [1.82, 2.24) is 4.90 Å². The summed E-state index contributed by atoms with van der Waals surface area (Å²) in [6, 6.07) is 7.57. The van der Waals surface area contributed by atoms with Gasteiger partial charge in [0, 0.05) is 18.1 Å². The zero-order valence-electron chi connectivity index (χ0n) is 13.7. The number of aliphatic imine (C=N–C) groups is 1. The lowest BCUT2D eigenvalue weighted by Gasteiger charge is -2.14. The highest BCUT2D eigenvalue weighted by Gasteiger charge is 2.32. The van der Waals surface area contributed by atoms with Gasteiger partial charge >= 0.3 is 0 Å². The fourth-order valence-electron chi connectivity index (χ4n) is 2.21. The van der Waals surface area contributed by atoms with Gasteiger partial charge in [-0.05, 0) is 42.3 Å². The third-order valence-electron chi connectivity index (χ3n) is 3.57. The number of amidine groups is 1. The van der Waals surface area contributed by atoms with Gasteiger partial charge in [-0.1, -0.05) is 56.5 Å². The second-order valence-electron chi connectivity index (χ2n) is 5.46. The zero-order chi connectivity index (χ0) is 16.7. The first kappa shape index (κ1) is 18.1. The normalized spacial score (nSPS) is 18.4. The standard InChI is InChI=1S/C18H23ClN2OS/c1-3-5-11-20-18-21(12-6-4-2)17(22)16(23-18)13-14-9-7-8-10-15(14)19/h7-10,13H,3-6,11-12H2,1-2H3/b16-13-,20-18?. The molecule has 0 spiro atoms. The van der Waals surface area contributed by atoms with E-state index in [1.165, 1.54) is 11.8 Å². The SMILES string of the molecule is CCCCN=C1S/C(=C\c2ccccc2Cl)C(=O)N1CCCC. The molecule has 0 aliphatic carbocycles. The van der Waals surface area contributed by atoms with Crippen molar-refractivity contribution in [2.24, 2.45) is 4.99 Å². The highest BCUT2D eigenvalue weighted by molar-refractivity contribution is 8.18. The molecule has 0 unspecified atom stereocenters. The summed E-state index contributed by atoms with van der Waals surface area (Å²) in [5.74, 6) is 0.0404. The minimum atomic E-state index is 0.0404. The molecule has 1 aromatic carbocycles. The number of nitrogens with zero attached hydrogens (tertiary/aromatic N) is 2. The van der Waals surface area contributed by atoms with Crippen LogP contribution in [0, 0.1) is 0 Å². The summed E-state index contributed by atoms with van der Waals surface area (Å²) in [6.45, 7) is 5.77. The largest absolute Gasteiger partial charge is 0.287 e. The molecular formula is C18H23ClN2OS. The number of benzene rings is 1. The lowest BCUT2D eigenvalue weighted by molar-refractivity contribution is -0.122. The number of hydrogen-bond donors (Lipinski definition) is 0. The Morgan fingerprint density at radius 3 is 2.65 bits per heavy atom. The van der Waals surface area contributed by atoms with Crippen molar-refractivity contribution in [3.05, 3.63) is 39.8 Å². The molecule has 23 heavy (non-hydrogen) atoms. The van der Waals surface area contributed by atoms with Crippen LogP contribution in [-0.4, -0.2) is 29.1 Å². The van der Waals surface area contributed by atoms with Crippen LogP contribution in [0.25, 0.3) is 6.08 Å². The first-order valence-corrected chi connectivity index (χ1v) is 9.37. The Bertz CT molecular complexity index is 613. The van der Waals surface area contributed by atoms with E-state index in [1.54, 1.807) is 0 Å². The van der Waals surface area contributed by atoms with E-state index in [0.717, 1.165) is 49.5 Å². The summed E-state index contributed by atoms with van der Waals surface area (Å²) in [5, 5.41) is 1.49. The van der Waals surface area contributed by atoms with Crippen LogP contribution in [0.4, 0.5) is 0 Å². The molecule has 5 heteroatoms. The van der Waals surface area contributed by atoms with Crippen LogP contribution >= 0.6 is 23.4 Å². The van der Waals surface area contributed by atoms with E-state index in [9.17, 15) is 4.79 Å². The minimum absolute atomic E-state index is 0.0404. The van der Waals surface area contributed by atoms with E-state index in [0.29, 0.717) is 9.93 Å². The van der Waals surface area contributed by atoms with Gasteiger partial charge < -0.3 is 0 Å². The van der Waals surface area contributed by atoms with E-state index in [4.69, 9.17) is 11.6 Å². The van der Waals surface area contributed by atoms with Gasteiger partial charge in [-0.2, -0.15) is 0 Å². The van der Waals surface area contributed by atoms with Crippen molar-refractivity contribution in [3.8, 4) is 0 Å². The molecule has 1 aromatic rings. The van der Waals surface area contributed by atoms with E-state index in [-0.39, 0.29) is 5.91 Å². The van der Waals surface area contributed by atoms with Gasteiger partial charge in [0.15, 0.2) is 5.17 Å². The molecule has 1 saturated heterocycles. The monoisotopic (exact) mass is 350 g/mol. The first-order valence-electron chi connectivity index (χ1n) is 8.17. The van der Waals surface area contributed by atoms with Crippen LogP contribution in [-0.2, 0) is 4.79 Å². The van der Waals surface area contributed by atoms with Crippen LogP contribution in [0.2, 0.25) is 5.02 Å². The molecule has 3 nitrogen and oxygen atoms in total. The Hall–Kier alpha value is -1.26. The highest BCUT2D eigenvalue weighted by Crippen LogP contribution is 2.34. The van der Waals surface area contributed by atoms with E-state index < -0.39 is 0 Å². The number of amides is 1. The van der Waals surface area contributed by atoms with E-state index in [2.05, 4.69) is 18.8 Å². The maximum atomic E-state index is 12.7. The van der Waals surface area contributed by atoms with E-state index >= 15 is 0 Å². The molecule has 0 N–H and O–H groups in total. The molecule has 1 amide bonds. The van der Waals surface area contributed by atoms with Gasteiger partial charge in [0.25, 0.3) is 5.91 Å². The van der Waals surface area contributed by atoms with Crippen molar-refractivity contribution in [1.29, 1.82) is 0 Å². The third-order valence-corrected chi connectivity index (χ3v) is 4.96. The summed E-state index contributed by atoms with van der Waals surface area (Å²) >= 11 is 7.66. The number of rotatable bonds is 7. The average Bonchev–Trinajstić information content (AvgIpc) is 2.83. The van der Waals surface area contributed by atoms with Gasteiger partial charge in [0.05, 0.1) is 4.91 Å². The predicted octanol–water partition coefficient (Wildman–Crippen LogP) is 5.21. The molecule has 2 rings (SSSR count). The second-order valence-corrected chi connectivity index (χ2v) is 6.88. The molecule has 0 radical (unpaired) electrons. The number of carbonyl (C=O) groups is 1. The highest BCUT2D eigenvalue weighted by atomic mass is 35.5. The van der Waals surface area contributed by atoms with Gasteiger partial charge in [0.2, 0.25) is 0 Å². The summed E-state index contributed by atoms with van der Waals surface area (Å²) in [4.78, 5) is 19.8. The molecule has 0 aromatic heterocycles. The van der Waals surface area contributed by atoms with Crippen molar-refractivity contribution >= 4 is 40.5 Å². The molecule has 0 atom stereocenters. The third kappa shape index (κ3) is 4.85. The number of unbranched alkanes of at least 4 members (excludes halogenated alkanes) is 2. The molecule has 124 valence electrons. The summed E-state index contributed by atoms with van der Waals surface area (Å²) in [5.41, 5.74) is 0.871. The molecular weight excluding hydrogens is 328 g/mol. The first-order chi connectivity index (χ1) is 11.2. The predicted molar refractivity (Wildman–Crippen MR) is 101 cm³/mol. The quantitative estimate of drug-likeness (QED) is 0.499. The number of carbonyl (C=O) groups excluding carboxylic acids is 1. The van der Waals surface area contributed by atoms with Crippen molar-refractivity contribution < 1.29 is 4.79 Å². The fourth-order valence-corrected chi connectivity index (χ4v) is 3.42. The number of hydrogen-bond acceptors (Lipinski definition) is 3. The Morgan fingerprint density at radius 2 is 1.96 bits per heavy atom. The van der Waals surface area contributed by atoms with Crippen LogP contribution in [0.3, 0.4) is 0 Å². The van der Waals surface area contributed by atoms with Crippen molar-refractivity contribution in [3.63, 3.8) is 0 Å². The molecule has 1 aliphatic rings. The maximum absolute atomic E-state index is 12.7. The number of thioether (sulfide) groups is 1. The molecule has 0 saturated carbocycles. The lowest BCUT2D eigenvalue weighted by atomic mass is 10.2. The van der Waals surface area contributed by atoms with E-state index in [1.807, 2.05) is 35.2 Å². The Morgan fingerprint density at radius 1 is 1.22 bits per heavy atom. The molecule has 1 heterocycles. The smallest absolute Gasteiger partial charge is 0.266 e. The summed E-state index contributed by atoms with van der Waals surface area (Å²) < 4.78 is 0. The lowest BCUT2D eigenvalue weighted by Crippen LogP contribution is -2.30. The van der Waals surface area contributed by atoms with Crippen LogP contribution in [0.1, 0.15) is 45.1 Å². The van der Waals surface area contributed by atoms with Gasteiger partial charge in [-0.3, -0.25) is 14.7 Å². The molecule has 1 aliphatic heterocycles. The molecule has 0 bridgehead atoms.